The number of ketones is 1. The number of nitrogens with zero attached hydrogens (tertiary/aromatic N) is 2. The lowest BCUT2D eigenvalue weighted by Gasteiger charge is -2.14. The van der Waals surface area contributed by atoms with E-state index in [4.69, 9.17) is 24.4 Å². The quantitative estimate of drug-likeness (QED) is 0.211. The number of thiocarbonyl (C=S) groups is 2. The first-order valence-corrected chi connectivity index (χ1v) is 10.7. The van der Waals surface area contributed by atoms with Gasteiger partial charge in [-0.15, -0.1) is 0 Å². The lowest BCUT2D eigenvalue weighted by atomic mass is 9.98. The average Bonchev–Trinajstić information content (AvgIpc) is 2.77. The third-order valence-electron chi connectivity index (χ3n) is 4.05. The highest BCUT2D eigenvalue weighted by Gasteiger charge is 2.16. The van der Waals surface area contributed by atoms with Crippen molar-refractivity contribution in [3.8, 4) is 0 Å². The van der Waals surface area contributed by atoms with Crippen LogP contribution in [0.2, 0.25) is 0 Å². The molecule has 0 radical (unpaired) electrons. The number of carbonyl (C=O) groups is 1. The molecule has 31 heavy (non-hydrogen) atoms. The molecule has 0 heterocycles. The van der Waals surface area contributed by atoms with E-state index >= 15 is 0 Å². The van der Waals surface area contributed by atoms with Crippen LogP contribution in [0.25, 0.3) is 0 Å². The Bertz CT molecular complexity index is 971. The van der Waals surface area contributed by atoms with Gasteiger partial charge in [0.15, 0.2) is 16.0 Å². The van der Waals surface area contributed by atoms with Crippen LogP contribution in [0.5, 0.6) is 0 Å². The number of nitrogens with one attached hydrogen (secondary N) is 4. The Balaban J connectivity index is 2.55. The van der Waals surface area contributed by atoms with Gasteiger partial charge in [0.1, 0.15) is 11.4 Å². The summed E-state index contributed by atoms with van der Waals surface area (Å²) in [6.45, 7) is 6.77. The van der Waals surface area contributed by atoms with Crippen molar-refractivity contribution >= 4 is 51.9 Å². The molecular formula is C22H26N6OS2. The molecule has 0 fully saturated rings. The van der Waals surface area contributed by atoms with Gasteiger partial charge in [-0.25, -0.2) is 0 Å². The van der Waals surface area contributed by atoms with Gasteiger partial charge in [0, 0.05) is 29.8 Å². The molecule has 2 aromatic carbocycles. The smallest absolute Gasteiger partial charge is 0.186 e. The summed E-state index contributed by atoms with van der Waals surface area (Å²) in [7, 11) is 0. The molecule has 9 heteroatoms. The fourth-order valence-corrected chi connectivity index (χ4v) is 2.96. The normalized spacial score (nSPS) is 11.5. The van der Waals surface area contributed by atoms with E-state index in [0.29, 0.717) is 40.3 Å². The molecule has 7 nitrogen and oxygen atoms in total. The van der Waals surface area contributed by atoms with Gasteiger partial charge in [-0.2, -0.15) is 10.2 Å². The summed E-state index contributed by atoms with van der Waals surface area (Å²) in [5, 5.41) is 15.9. The Kier molecular flexibility index (Phi) is 9.73. The minimum atomic E-state index is -0.00825. The predicted molar refractivity (Wildman–Crippen MR) is 135 cm³/mol. The molecule has 0 amide bonds. The van der Waals surface area contributed by atoms with Crippen LogP contribution in [0, 0.1) is 0 Å². The van der Waals surface area contributed by atoms with Crippen molar-refractivity contribution < 1.29 is 4.79 Å². The topological polar surface area (TPSA) is 89.9 Å². The number of hydrogen-bond donors (Lipinski definition) is 4. The number of Topliss-reactive ketones (excluding diaryl/α,β-unsaturated/α-hetero) is 1. The summed E-state index contributed by atoms with van der Waals surface area (Å²) in [6.07, 6.45) is 0. The zero-order valence-corrected chi connectivity index (χ0v) is 19.4. The summed E-state index contributed by atoms with van der Waals surface area (Å²) in [5.41, 5.74) is 9.04. The van der Waals surface area contributed by atoms with Gasteiger partial charge >= 0.3 is 0 Å². The van der Waals surface area contributed by atoms with E-state index in [0.717, 1.165) is 11.1 Å². The van der Waals surface area contributed by atoms with Crippen LogP contribution < -0.4 is 21.5 Å². The molecule has 0 aromatic heterocycles. The fourth-order valence-electron chi connectivity index (χ4n) is 2.58. The Morgan fingerprint density at radius 2 is 1.16 bits per heavy atom. The van der Waals surface area contributed by atoms with Crippen LogP contribution in [0.3, 0.4) is 0 Å². The van der Waals surface area contributed by atoms with Gasteiger partial charge in [0.05, 0.1) is 0 Å². The van der Waals surface area contributed by atoms with Crippen molar-refractivity contribution in [3.63, 3.8) is 0 Å². The first-order chi connectivity index (χ1) is 15.0. The van der Waals surface area contributed by atoms with Crippen molar-refractivity contribution in [1.29, 1.82) is 0 Å². The molecule has 0 aliphatic carbocycles. The molecule has 2 rings (SSSR count). The predicted octanol–water partition coefficient (Wildman–Crippen LogP) is 2.97. The Morgan fingerprint density at radius 3 is 1.58 bits per heavy atom. The van der Waals surface area contributed by atoms with Crippen LogP contribution in [-0.4, -0.2) is 40.5 Å². The molecule has 4 N–H and O–H groups in total. The summed E-state index contributed by atoms with van der Waals surface area (Å²) < 4.78 is 0. The number of benzene rings is 2. The molecule has 2 aromatic rings. The van der Waals surface area contributed by atoms with Crippen LogP contribution in [0.4, 0.5) is 0 Å². The average molecular weight is 455 g/mol. The van der Waals surface area contributed by atoms with Crippen molar-refractivity contribution in [2.45, 2.75) is 20.8 Å². The highest BCUT2D eigenvalue weighted by Crippen LogP contribution is 2.12. The maximum atomic E-state index is 11.7. The second-order valence-corrected chi connectivity index (χ2v) is 7.18. The van der Waals surface area contributed by atoms with E-state index < -0.39 is 0 Å². The van der Waals surface area contributed by atoms with E-state index in [2.05, 4.69) is 31.7 Å². The van der Waals surface area contributed by atoms with E-state index in [9.17, 15) is 4.79 Å². The first kappa shape index (κ1) is 24.1. The van der Waals surface area contributed by atoms with E-state index in [1.807, 2.05) is 56.3 Å². The third-order valence-corrected chi connectivity index (χ3v) is 4.52. The molecule has 0 unspecified atom stereocenters. The highest BCUT2D eigenvalue weighted by molar-refractivity contribution is 7.80. The standard InChI is InChI=1S/C22H26N6OS2/c1-4-23-21(30)27-25-19(17-9-7-6-8-10-17)20(26-28-22(31)24-5-2)18-13-11-16(12-14-18)15(3)29/h6-14H,4-5H2,1-3H3,(H2,23,27,30)(H2,24,28,31). The molecule has 162 valence electrons. The summed E-state index contributed by atoms with van der Waals surface area (Å²) in [6, 6.07) is 16.8. The lowest BCUT2D eigenvalue weighted by Crippen LogP contribution is -2.35. The number of rotatable bonds is 8. The van der Waals surface area contributed by atoms with E-state index in [-0.39, 0.29) is 5.78 Å². The summed E-state index contributed by atoms with van der Waals surface area (Å²) in [5.74, 6) is -0.00825. The Hall–Kier alpha value is -3.17. The lowest BCUT2D eigenvalue weighted by molar-refractivity contribution is 0.101. The van der Waals surface area contributed by atoms with Gasteiger partial charge in [-0.1, -0.05) is 54.6 Å². The molecule has 0 aliphatic heterocycles. The number of carbonyl (C=O) groups excluding carboxylic acids is 1. The Morgan fingerprint density at radius 1 is 0.742 bits per heavy atom. The molecule has 0 spiro atoms. The monoisotopic (exact) mass is 454 g/mol. The largest absolute Gasteiger partial charge is 0.362 e. The van der Waals surface area contributed by atoms with Crippen molar-refractivity contribution in [1.82, 2.24) is 21.5 Å². The van der Waals surface area contributed by atoms with Crippen molar-refractivity contribution in [2.75, 3.05) is 13.1 Å². The zero-order chi connectivity index (χ0) is 22.6. The maximum Gasteiger partial charge on any atom is 0.186 e. The van der Waals surface area contributed by atoms with Gasteiger partial charge in [-0.05, 0) is 45.2 Å². The SMILES string of the molecule is CCNC(=S)NN=C(C(=NNC(=S)NCC)c1ccc(C(C)=O)cc1)c1ccccc1. The fraction of sp³-hybridized carbons (Fsp3) is 0.227. The minimum absolute atomic E-state index is 0.00825. The molecule has 0 bridgehead atoms. The molecule has 0 saturated heterocycles. The summed E-state index contributed by atoms with van der Waals surface area (Å²) in [4.78, 5) is 11.7. The van der Waals surface area contributed by atoms with Crippen LogP contribution >= 0.6 is 24.4 Å². The van der Waals surface area contributed by atoms with Crippen molar-refractivity contribution in [2.24, 2.45) is 10.2 Å². The van der Waals surface area contributed by atoms with Gasteiger partial charge in [0.2, 0.25) is 0 Å². The van der Waals surface area contributed by atoms with Crippen molar-refractivity contribution in [3.05, 3.63) is 71.3 Å². The van der Waals surface area contributed by atoms with Gasteiger partial charge in [-0.3, -0.25) is 15.6 Å². The highest BCUT2D eigenvalue weighted by atomic mass is 32.1. The second-order valence-electron chi connectivity index (χ2n) is 6.36. The number of hydrazone groups is 2. The van der Waals surface area contributed by atoms with E-state index in [1.54, 1.807) is 12.1 Å². The zero-order valence-electron chi connectivity index (χ0n) is 17.7. The molecule has 0 atom stereocenters. The summed E-state index contributed by atoms with van der Waals surface area (Å²) >= 11 is 10.5. The minimum Gasteiger partial charge on any atom is -0.362 e. The first-order valence-electron chi connectivity index (χ1n) is 9.86. The maximum absolute atomic E-state index is 11.7. The molecular weight excluding hydrogens is 428 g/mol. The van der Waals surface area contributed by atoms with Gasteiger partial charge in [0.25, 0.3) is 0 Å². The van der Waals surface area contributed by atoms with Crippen LogP contribution in [-0.2, 0) is 0 Å². The third kappa shape index (κ3) is 7.54. The van der Waals surface area contributed by atoms with E-state index in [1.165, 1.54) is 6.92 Å². The molecule has 0 aliphatic rings. The second kappa shape index (κ2) is 12.5. The Labute approximate surface area is 193 Å². The molecule has 0 saturated carbocycles. The van der Waals surface area contributed by atoms with Gasteiger partial charge < -0.3 is 10.6 Å². The van der Waals surface area contributed by atoms with Crippen LogP contribution in [0.15, 0.2) is 64.8 Å². The van der Waals surface area contributed by atoms with Crippen LogP contribution in [0.1, 0.15) is 42.3 Å². The number of hydrogen-bond acceptors (Lipinski definition) is 5.